The van der Waals surface area contributed by atoms with Crippen molar-refractivity contribution in [1.82, 2.24) is 10.2 Å². The van der Waals surface area contributed by atoms with Crippen molar-refractivity contribution in [1.29, 1.82) is 0 Å². The molecule has 0 saturated carbocycles. The van der Waals surface area contributed by atoms with Crippen LogP contribution in [0.4, 0.5) is 0 Å². The van der Waals surface area contributed by atoms with E-state index < -0.39 is 0 Å². The van der Waals surface area contributed by atoms with E-state index in [9.17, 15) is 0 Å². The van der Waals surface area contributed by atoms with Crippen molar-refractivity contribution >= 4 is 0 Å². The molecule has 1 aromatic rings. The Morgan fingerprint density at radius 3 is 2.70 bits per heavy atom. The van der Waals surface area contributed by atoms with E-state index in [0.29, 0.717) is 5.92 Å². The van der Waals surface area contributed by atoms with Gasteiger partial charge in [-0.15, -0.1) is 0 Å². The van der Waals surface area contributed by atoms with E-state index in [1.54, 1.807) is 0 Å². The van der Waals surface area contributed by atoms with Crippen LogP contribution in [0.1, 0.15) is 51.0 Å². The zero-order valence-corrected chi connectivity index (χ0v) is 13.1. The molecule has 1 aliphatic heterocycles. The molecule has 0 aromatic heterocycles. The quantitative estimate of drug-likeness (QED) is 0.816. The van der Waals surface area contributed by atoms with E-state index >= 15 is 0 Å². The third-order valence-electron chi connectivity index (χ3n) is 4.52. The highest BCUT2D eigenvalue weighted by molar-refractivity contribution is 5.18. The highest BCUT2D eigenvalue weighted by Gasteiger charge is 2.20. The van der Waals surface area contributed by atoms with Gasteiger partial charge in [0.2, 0.25) is 0 Å². The summed E-state index contributed by atoms with van der Waals surface area (Å²) in [5.74, 6) is 0.659. The second kappa shape index (κ2) is 8.43. The molecule has 2 nitrogen and oxygen atoms in total. The lowest BCUT2D eigenvalue weighted by molar-refractivity contribution is 0.161. The summed E-state index contributed by atoms with van der Waals surface area (Å²) in [7, 11) is 0. The maximum atomic E-state index is 3.55. The van der Waals surface area contributed by atoms with E-state index in [1.807, 2.05) is 0 Å². The molecule has 0 radical (unpaired) electrons. The lowest BCUT2D eigenvalue weighted by Crippen LogP contribution is -2.46. The minimum Gasteiger partial charge on any atom is -0.315 e. The molecule has 2 rings (SSSR count). The first-order chi connectivity index (χ1) is 9.81. The van der Waals surface area contributed by atoms with Crippen LogP contribution in [0.15, 0.2) is 30.3 Å². The fourth-order valence-electron chi connectivity index (χ4n) is 3.22. The summed E-state index contributed by atoms with van der Waals surface area (Å²) in [6.45, 7) is 9.52. The lowest BCUT2D eigenvalue weighted by Gasteiger charge is -2.35. The fraction of sp³-hybridized carbons (Fsp3) is 0.667. The second-order valence-electron chi connectivity index (χ2n) is 6.14. The standard InChI is InChI=1S/C18H30N2/c1-3-13-20(18-10-7-12-19-15-18)14-11-16(2)17-8-5-4-6-9-17/h4-6,8-9,16,18-19H,3,7,10-15H2,1-2H3. The first-order valence-electron chi connectivity index (χ1n) is 8.31. The summed E-state index contributed by atoms with van der Waals surface area (Å²) in [6, 6.07) is 11.7. The number of benzene rings is 1. The van der Waals surface area contributed by atoms with Crippen LogP contribution in [-0.2, 0) is 0 Å². The molecule has 1 aliphatic rings. The van der Waals surface area contributed by atoms with Crippen LogP contribution in [0.3, 0.4) is 0 Å². The van der Waals surface area contributed by atoms with Gasteiger partial charge in [0.15, 0.2) is 0 Å². The van der Waals surface area contributed by atoms with Gasteiger partial charge in [0.25, 0.3) is 0 Å². The van der Waals surface area contributed by atoms with Crippen molar-refractivity contribution < 1.29 is 0 Å². The highest BCUT2D eigenvalue weighted by Crippen LogP contribution is 2.20. The molecular weight excluding hydrogens is 244 g/mol. The van der Waals surface area contributed by atoms with Gasteiger partial charge in [0, 0.05) is 12.6 Å². The number of hydrogen-bond acceptors (Lipinski definition) is 2. The Morgan fingerprint density at radius 1 is 1.25 bits per heavy atom. The lowest BCUT2D eigenvalue weighted by atomic mass is 9.97. The largest absolute Gasteiger partial charge is 0.315 e. The molecule has 2 heteroatoms. The van der Waals surface area contributed by atoms with Crippen molar-refractivity contribution in [3.05, 3.63) is 35.9 Å². The number of nitrogens with zero attached hydrogens (tertiary/aromatic N) is 1. The van der Waals surface area contributed by atoms with Crippen molar-refractivity contribution in [2.24, 2.45) is 0 Å². The van der Waals surface area contributed by atoms with Gasteiger partial charge in [-0.05, 0) is 56.8 Å². The number of nitrogens with one attached hydrogen (secondary N) is 1. The number of piperidine rings is 1. The summed E-state index contributed by atoms with van der Waals surface area (Å²) in [6.07, 6.45) is 5.22. The third-order valence-corrected chi connectivity index (χ3v) is 4.52. The Balaban J connectivity index is 1.85. The molecule has 0 spiro atoms. The van der Waals surface area contributed by atoms with Gasteiger partial charge in [-0.1, -0.05) is 44.2 Å². The van der Waals surface area contributed by atoms with Crippen LogP contribution in [0.2, 0.25) is 0 Å². The Morgan fingerprint density at radius 2 is 2.05 bits per heavy atom. The summed E-state index contributed by atoms with van der Waals surface area (Å²) in [5, 5.41) is 3.55. The summed E-state index contributed by atoms with van der Waals surface area (Å²) < 4.78 is 0. The molecule has 1 heterocycles. The van der Waals surface area contributed by atoms with E-state index in [2.05, 4.69) is 54.4 Å². The van der Waals surface area contributed by atoms with E-state index in [-0.39, 0.29) is 0 Å². The monoisotopic (exact) mass is 274 g/mol. The smallest absolute Gasteiger partial charge is 0.0221 e. The minimum atomic E-state index is 0.659. The van der Waals surface area contributed by atoms with Crippen LogP contribution >= 0.6 is 0 Å². The van der Waals surface area contributed by atoms with Crippen molar-refractivity contribution in [2.45, 2.75) is 51.5 Å². The zero-order valence-electron chi connectivity index (χ0n) is 13.1. The van der Waals surface area contributed by atoms with Crippen molar-refractivity contribution in [3.8, 4) is 0 Å². The summed E-state index contributed by atoms with van der Waals surface area (Å²) in [5.41, 5.74) is 1.48. The molecule has 0 bridgehead atoms. The number of hydrogen-bond donors (Lipinski definition) is 1. The van der Waals surface area contributed by atoms with E-state index in [1.165, 1.54) is 57.4 Å². The molecule has 0 amide bonds. The van der Waals surface area contributed by atoms with Gasteiger partial charge in [0.1, 0.15) is 0 Å². The maximum absolute atomic E-state index is 3.55. The Bertz CT molecular complexity index is 357. The summed E-state index contributed by atoms with van der Waals surface area (Å²) >= 11 is 0. The molecule has 2 unspecified atom stereocenters. The summed E-state index contributed by atoms with van der Waals surface area (Å²) in [4.78, 5) is 2.71. The number of rotatable bonds is 7. The van der Waals surface area contributed by atoms with E-state index in [0.717, 1.165) is 6.04 Å². The highest BCUT2D eigenvalue weighted by atomic mass is 15.2. The molecule has 1 fully saturated rings. The Hall–Kier alpha value is -0.860. The molecule has 1 aromatic carbocycles. The van der Waals surface area contributed by atoms with Crippen LogP contribution in [0.25, 0.3) is 0 Å². The van der Waals surface area contributed by atoms with Crippen LogP contribution in [-0.4, -0.2) is 37.1 Å². The molecule has 112 valence electrons. The normalized spacial score (nSPS) is 21.1. The van der Waals surface area contributed by atoms with Crippen molar-refractivity contribution in [3.63, 3.8) is 0 Å². The first-order valence-corrected chi connectivity index (χ1v) is 8.31. The van der Waals surface area contributed by atoms with Gasteiger partial charge in [-0.3, -0.25) is 4.90 Å². The molecular formula is C18H30N2. The fourth-order valence-corrected chi connectivity index (χ4v) is 3.22. The molecule has 2 atom stereocenters. The maximum Gasteiger partial charge on any atom is 0.0221 e. The van der Waals surface area contributed by atoms with E-state index in [4.69, 9.17) is 0 Å². The zero-order chi connectivity index (χ0) is 14.2. The topological polar surface area (TPSA) is 15.3 Å². The van der Waals surface area contributed by atoms with Gasteiger partial charge >= 0.3 is 0 Å². The third kappa shape index (κ3) is 4.60. The minimum absolute atomic E-state index is 0.659. The predicted octanol–water partition coefficient (Wildman–Crippen LogP) is 3.64. The molecule has 20 heavy (non-hydrogen) atoms. The average molecular weight is 274 g/mol. The molecule has 1 N–H and O–H groups in total. The SMILES string of the molecule is CCCN(CCC(C)c1ccccc1)C1CCCNC1. The van der Waals surface area contributed by atoms with Gasteiger partial charge in [-0.2, -0.15) is 0 Å². The Labute approximate surface area is 124 Å². The van der Waals surface area contributed by atoms with Crippen LogP contribution < -0.4 is 5.32 Å². The van der Waals surface area contributed by atoms with Gasteiger partial charge < -0.3 is 5.32 Å². The van der Waals surface area contributed by atoms with Crippen LogP contribution in [0.5, 0.6) is 0 Å². The Kier molecular flexibility index (Phi) is 6.55. The predicted molar refractivity (Wildman–Crippen MR) is 87.2 cm³/mol. The average Bonchev–Trinajstić information content (AvgIpc) is 2.53. The van der Waals surface area contributed by atoms with Crippen molar-refractivity contribution in [2.75, 3.05) is 26.2 Å². The second-order valence-corrected chi connectivity index (χ2v) is 6.14. The van der Waals surface area contributed by atoms with Gasteiger partial charge in [-0.25, -0.2) is 0 Å². The van der Waals surface area contributed by atoms with Crippen LogP contribution in [0, 0.1) is 0 Å². The first kappa shape index (κ1) is 15.5. The van der Waals surface area contributed by atoms with Gasteiger partial charge in [0.05, 0.1) is 0 Å². The molecule has 1 saturated heterocycles. The molecule has 0 aliphatic carbocycles.